The van der Waals surface area contributed by atoms with Gasteiger partial charge in [-0.15, -0.1) is 0 Å². The fourth-order valence-electron chi connectivity index (χ4n) is 0.999. The van der Waals surface area contributed by atoms with Crippen molar-refractivity contribution in [2.24, 2.45) is 4.99 Å². The van der Waals surface area contributed by atoms with Crippen molar-refractivity contribution >= 4 is 29.0 Å². The smallest absolute Gasteiger partial charge is 0.250 e. The average molecular weight is 170 g/mol. The van der Waals surface area contributed by atoms with Crippen molar-refractivity contribution in [3.63, 3.8) is 0 Å². The minimum Gasteiger partial charge on any atom is -0.299 e. The first-order chi connectivity index (χ1) is 5.29. The molecule has 5 heteroatoms. The molecule has 0 amide bonds. The monoisotopic (exact) mass is 169 g/mol. The van der Waals surface area contributed by atoms with Gasteiger partial charge in [0.15, 0.2) is 0 Å². The molecule has 0 spiro atoms. The molecule has 1 aromatic rings. The van der Waals surface area contributed by atoms with E-state index in [0.29, 0.717) is 5.95 Å². The lowest BCUT2D eigenvalue weighted by Gasteiger charge is -2.01. The Morgan fingerprint density at radius 2 is 2.55 bits per heavy atom. The maximum Gasteiger partial charge on any atom is 0.250 e. The minimum absolute atomic E-state index is 0.439. The Morgan fingerprint density at radius 1 is 1.73 bits per heavy atom. The van der Waals surface area contributed by atoms with Gasteiger partial charge in [0.25, 0.3) is 0 Å². The lowest BCUT2D eigenvalue weighted by Crippen LogP contribution is -2.11. The first-order valence-corrected chi connectivity index (χ1v) is 3.43. The van der Waals surface area contributed by atoms with Crippen LogP contribution in [0.3, 0.4) is 0 Å². The highest BCUT2D eigenvalue weighted by molar-refractivity contribution is 6.65. The largest absolute Gasteiger partial charge is 0.299 e. The number of hydrogen-bond donors (Lipinski definition) is 0. The maximum absolute atomic E-state index is 10.7. The molecule has 0 bridgehead atoms. The first-order valence-electron chi connectivity index (χ1n) is 3.05. The van der Waals surface area contributed by atoms with Crippen LogP contribution in [0.1, 0.15) is 6.04 Å². The zero-order chi connectivity index (χ0) is 7.84. The summed E-state index contributed by atoms with van der Waals surface area (Å²) in [5.74, 6) is 0.531. The van der Waals surface area contributed by atoms with Crippen LogP contribution in [-0.2, 0) is 4.79 Å². The van der Waals surface area contributed by atoms with Crippen LogP contribution < -0.4 is 0 Å². The summed E-state index contributed by atoms with van der Waals surface area (Å²) in [6.45, 7) is 0. The number of halogens is 1. The van der Waals surface area contributed by atoms with E-state index in [0.717, 1.165) is 0 Å². The van der Waals surface area contributed by atoms with Gasteiger partial charge in [-0.2, -0.15) is 0 Å². The number of carbonyl (C=O) groups is 1. The molecule has 0 saturated carbocycles. The molecule has 56 valence electrons. The molecule has 1 aliphatic heterocycles. The number of rotatable bonds is 1. The van der Waals surface area contributed by atoms with E-state index in [1.54, 1.807) is 17.0 Å². The van der Waals surface area contributed by atoms with Gasteiger partial charge < -0.3 is 0 Å². The molecule has 0 fully saturated rings. The van der Waals surface area contributed by atoms with E-state index in [2.05, 4.69) is 9.98 Å². The second-order valence-corrected chi connectivity index (χ2v) is 2.53. The molecule has 4 nitrogen and oxygen atoms in total. The molecule has 0 aliphatic carbocycles. The van der Waals surface area contributed by atoms with Crippen molar-refractivity contribution in [1.29, 1.82) is 0 Å². The molecule has 0 aromatic carbocycles. The van der Waals surface area contributed by atoms with E-state index >= 15 is 0 Å². The highest BCUT2D eigenvalue weighted by Gasteiger charge is 2.22. The summed E-state index contributed by atoms with van der Waals surface area (Å²) < 4.78 is 1.62. The van der Waals surface area contributed by atoms with Gasteiger partial charge in [0.05, 0.1) is 0 Å². The van der Waals surface area contributed by atoms with E-state index < -0.39 is 11.3 Å². The van der Waals surface area contributed by atoms with E-state index in [1.807, 2.05) is 0 Å². The van der Waals surface area contributed by atoms with Gasteiger partial charge in [-0.05, 0) is 11.6 Å². The van der Waals surface area contributed by atoms with E-state index in [-0.39, 0.29) is 0 Å². The SMILES string of the molecule is O=C(Cl)C1C=Nc2nccn21. The zero-order valence-corrected chi connectivity index (χ0v) is 6.19. The standard InChI is InChI=1S/C6H4ClN3O/c7-5(11)4-3-9-6-8-1-2-10(4)6/h1-4H. The van der Waals surface area contributed by atoms with Crippen molar-refractivity contribution in [3.05, 3.63) is 12.4 Å². The van der Waals surface area contributed by atoms with Crippen molar-refractivity contribution < 1.29 is 4.79 Å². The number of fused-ring (bicyclic) bond motifs is 1. The molecule has 1 aromatic heterocycles. The molecular formula is C6H4ClN3O. The van der Waals surface area contributed by atoms with Gasteiger partial charge in [-0.1, -0.05) is 0 Å². The topological polar surface area (TPSA) is 47.2 Å². The fourth-order valence-corrected chi connectivity index (χ4v) is 1.16. The predicted molar refractivity (Wildman–Crippen MR) is 40.3 cm³/mol. The zero-order valence-electron chi connectivity index (χ0n) is 5.44. The Labute approximate surface area is 67.5 Å². The van der Waals surface area contributed by atoms with Gasteiger partial charge in [-0.3, -0.25) is 9.36 Å². The van der Waals surface area contributed by atoms with E-state index in [4.69, 9.17) is 11.6 Å². The van der Waals surface area contributed by atoms with Crippen LogP contribution in [0, 0.1) is 0 Å². The average Bonchev–Trinajstić information content (AvgIpc) is 2.41. The first kappa shape index (κ1) is 6.54. The summed E-state index contributed by atoms with van der Waals surface area (Å²) in [6, 6.07) is -0.464. The van der Waals surface area contributed by atoms with Crippen molar-refractivity contribution in [3.8, 4) is 0 Å². The summed E-state index contributed by atoms with van der Waals surface area (Å²) in [7, 11) is 0. The number of aromatic nitrogens is 2. The molecule has 1 atom stereocenters. The van der Waals surface area contributed by atoms with Crippen LogP contribution in [0.4, 0.5) is 5.95 Å². The molecular weight excluding hydrogens is 166 g/mol. The Hall–Kier alpha value is -1.16. The van der Waals surface area contributed by atoms with Crippen LogP contribution in [-0.4, -0.2) is 21.0 Å². The summed E-state index contributed by atoms with van der Waals surface area (Å²) in [4.78, 5) is 18.5. The Balaban J connectivity index is 2.46. The quantitative estimate of drug-likeness (QED) is 0.587. The highest BCUT2D eigenvalue weighted by Crippen LogP contribution is 2.22. The lowest BCUT2D eigenvalue weighted by atomic mass is 10.4. The minimum atomic E-state index is -0.464. The maximum atomic E-state index is 10.7. The number of hydrogen-bond acceptors (Lipinski definition) is 3. The third-order valence-corrected chi connectivity index (χ3v) is 1.74. The molecule has 1 aliphatic rings. The summed E-state index contributed by atoms with van der Waals surface area (Å²) in [6.07, 6.45) is 4.74. The predicted octanol–water partition coefficient (Wildman–Crippen LogP) is 0.905. The Bertz CT molecular complexity index is 330. The molecule has 0 saturated heterocycles. The highest BCUT2D eigenvalue weighted by atomic mass is 35.5. The van der Waals surface area contributed by atoms with Crippen molar-refractivity contribution in [2.45, 2.75) is 6.04 Å². The molecule has 2 rings (SSSR count). The Morgan fingerprint density at radius 3 is 3.27 bits per heavy atom. The number of aliphatic imine (C=N–C) groups is 1. The van der Waals surface area contributed by atoms with Gasteiger partial charge in [0.2, 0.25) is 11.2 Å². The third-order valence-electron chi connectivity index (χ3n) is 1.51. The number of nitrogens with zero attached hydrogens (tertiary/aromatic N) is 3. The van der Waals surface area contributed by atoms with Crippen molar-refractivity contribution in [2.75, 3.05) is 0 Å². The van der Waals surface area contributed by atoms with Crippen LogP contribution in [0.2, 0.25) is 0 Å². The molecule has 0 N–H and O–H groups in total. The van der Waals surface area contributed by atoms with Gasteiger partial charge >= 0.3 is 0 Å². The molecule has 1 unspecified atom stereocenters. The lowest BCUT2D eigenvalue weighted by molar-refractivity contribution is -0.112. The van der Waals surface area contributed by atoms with Gasteiger partial charge in [0, 0.05) is 18.6 Å². The normalized spacial score (nSPS) is 20.3. The van der Waals surface area contributed by atoms with Crippen LogP contribution >= 0.6 is 11.6 Å². The molecule has 2 heterocycles. The molecule has 0 radical (unpaired) electrons. The fraction of sp³-hybridized carbons (Fsp3) is 0.167. The van der Waals surface area contributed by atoms with Crippen LogP contribution in [0.25, 0.3) is 0 Å². The van der Waals surface area contributed by atoms with E-state index in [9.17, 15) is 4.79 Å². The van der Waals surface area contributed by atoms with Crippen LogP contribution in [0.15, 0.2) is 17.4 Å². The number of carbonyl (C=O) groups excluding carboxylic acids is 1. The summed E-state index contributed by atoms with van der Waals surface area (Å²) >= 11 is 5.29. The number of imidazole rings is 1. The van der Waals surface area contributed by atoms with Crippen molar-refractivity contribution in [1.82, 2.24) is 9.55 Å². The second kappa shape index (κ2) is 2.17. The Kier molecular flexibility index (Phi) is 1.29. The van der Waals surface area contributed by atoms with Gasteiger partial charge in [-0.25, -0.2) is 9.98 Å². The van der Waals surface area contributed by atoms with E-state index in [1.165, 1.54) is 6.21 Å². The molecule has 11 heavy (non-hydrogen) atoms. The van der Waals surface area contributed by atoms with Gasteiger partial charge in [0.1, 0.15) is 6.04 Å². The summed E-state index contributed by atoms with van der Waals surface area (Å²) in [5, 5.41) is -0.439. The second-order valence-electron chi connectivity index (χ2n) is 2.16. The third kappa shape index (κ3) is 0.867. The summed E-state index contributed by atoms with van der Waals surface area (Å²) in [5.41, 5.74) is 0. The van der Waals surface area contributed by atoms with Crippen LogP contribution in [0.5, 0.6) is 0 Å².